The van der Waals surface area contributed by atoms with E-state index in [0.717, 1.165) is 12.2 Å². The second-order valence-electron chi connectivity index (χ2n) is 3.67. The Morgan fingerprint density at radius 3 is 2.94 bits per heavy atom. The summed E-state index contributed by atoms with van der Waals surface area (Å²) < 4.78 is 1.97. The van der Waals surface area contributed by atoms with Crippen LogP contribution in [0.1, 0.15) is 5.82 Å². The number of halogens is 1. The number of nitrogens with zero attached hydrogens (tertiary/aromatic N) is 4. The zero-order chi connectivity index (χ0) is 13.0. The molecular weight excluding hydrogens is 254 g/mol. The van der Waals surface area contributed by atoms with E-state index in [1.165, 1.54) is 6.20 Å². The number of imidazole rings is 1. The molecular formula is C10H14ClN7. The SMILES string of the molecule is Cn1ccnc1CCNc1nc(NN)ncc1Cl. The van der Waals surface area contributed by atoms with Crippen LogP contribution in [0.25, 0.3) is 0 Å². The number of aryl methyl sites for hydroxylation is 1. The van der Waals surface area contributed by atoms with E-state index in [9.17, 15) is 0 Å². The lowest BCUT2D eigenvalue weighted by Gasteiger charge is -2.08. The Morgan fingerprint density at radius 2 is 2.28 bits per heavy atom. The van der Waals surface area contributed by atoms with Crippen molar-refractivity contribution in [2.45, 2.75) is 6.42 Å². The quantitative estimate of drug-likeness (QED) is 0.548. The van der Waals surface area contributed by atoms with Gasteiger partial charge in [0.15, 0.2) is 5.82 Å². The number of anilines is 2. The zero-order valence-corrected chi connectivity index (χ0v) is 10.6. The number of aromatic nitrogens is 4. The molecule has 8 heteroatoms. The summed E-state index contributed by atoms with van der Waals surface area (Å²) in [5.41, 5.74) is 2.37. The van der Waals surface area contributed by atoms with Crippen molar-refractivity contribution in [3.8, 4) is 0 Å². The Kier molecular flexibility index (Phi) is 3.96. The van der Waals surface area contributed by atoms with E-state index in [0.29, 0.717) is 23.3 Å². The number of hydrogen-bond donors (Lipinski definition) is 3. The van der Waals surface area contributed by atoms with Gasteiger partial charge in [0.05, 0.1) is 6.20 Å². The van der Waals surface area contributed by atoms with Crippen LogP contribution in [0.4, 0.5) is 11.8 Å². The first kappa shape index (κ1) is 12.6. The lowest BCUT2D eigenvalue weighted by Crippen LogP contribution is -2.14. The first-order valence-corrected chi connectivity index (χ1v) is 5.77. The Morgan fingerprint density at radius 1 is 1.44 bits per heavy atom. The normalized spacial score (nSPS) is 10.4. The highest BCUT2D eigenvalue weighted by Gasteiger charge is 2.05. The standard InChI is InChI=1S/C10H14ClN7/c1-18-5-4-13-8(18)2-3-14-9-7(11)6-15-10(16-9)17-12/h4-6H,2-3,12H2,1H3,(H2,14,15,16,17). The van der Waals surface area contributed by atoms with Crippen molar-refractivity contribution in [2.75, 3.05) is 17.3 Å². The first-order valence-electron chi connectivity index (χ1n) is 5.40. The Labute approximate surface area is 109 Å². The minimum absolute atomic E-state index is 0.318. The molecule has 2 aromatic heterocycles. The summed E-state index contributed by atoms with van der Waals surface area (Å²) in [4.78, 5) is 12.2. The molecule has 0 amide bonds. The van der Waals surface area contributed by atoms with Gasteiger partial charge in [-0.15, -0.1) is 0 Å². The average molecular weight is 268 g/mol. The van der Waals surface area contributed by atoms with E-state index in [1.807, 2.05) is 17.8 Å². The molecule has 0 aliphatic heterocycles. The van der Waals surface area contributed by atoms with E-state index in [1.54, 1.807) is 6.20 Å². The van der Waals surface area contributed by atoms with Crippen LogP contribution in [0, 0.1) is 0 Å². The van der Waals surface area contributed by atoms with E-state index >= 15 is 0 Å². The molecule has 0 fully saturated rings. The van der Waals surface area contributed by atoms with Crippen LogP contribution in [-0.2, 0) is 13.5 Å². The summed E-state index contributed by atoms with van der Waals surface area (Å²) in [6.45, 7) is 0.672. The van der Waals surface area contributed by atoms with Gasteiger partial charge in [-0.25, -0.2) is 15.8 Å². The minimum Gasteiger partial charge on any atom is -0.368 e. The molecule has 4 N–H and O–H groups in total. The Bertz CT molecular complexity index is 525. The summed E-state index contributed by atoms with van der Waals surface area (Å²) in [6.07, 6.45) is 5.94. The fourth-order valence-corrected chi connectivity index (χ4v) is 1.65. The molecule has 0 aliphatic carbocycles. The lowest BCUT2D eigenvalue weighted by atomic mass is 10.4. The highest BCUT2D eigenvalue weighted by molar-refractivity contribution is 6.32. The van der Waals surface area contributed by atoms with Gasteiger partial charge in [-0.05, 0) is 0 Å². The average Bonchev–Trinajstić information content (AvgIpc) is 2.77. The largest absolute Gasteiger partial charge is 0.368 e. The smallest absolute Gasteiger partial charge is 0.239 e. The van der Waals surface area contributed by atoms with Crippen molar-refractivity contribution >= 4 is 23.4 Å². The molecule has 0 aromatic carbocycles. The fraction of sp³-hybridized carbons (Fsp3) is 0.300. The number of hydrazine groups is 1. The van der Waals surface area contributed by atoms with Gasteiger partial charge in [0.2, 0.25) is 5.95 Å². The van der Waals surface area contributed by atoms with E-state index in [-0.39, 0.29) is 0 Å². The number of rotatable bonds is 5. The fourth-order valence-electron chi connectivity index (χ4n) is 1.49. The molecule has 2 rings (SSSR count). The highest BCUT2D eigenvalue weighted by Crippen LogP contribution is 2.18. The summed E-state index contributed by atoms with van der Waals surface area (Å²) in [6, 6.07) is 0. The molecule has 0 saturated carbocycles. The van der Waals surface area contributed by atoms with Crippen LogP contribution in [0.5, 0.6) is 0 Å². The van der Waals surface area contributed by atoms with E-state index < -0.39 is 0 Å². The van der Waals surface area contributed by atoms with Crippen molar-refractivity contribution in [1.29, 1.82) is 0 Å². The van der Waals surface area contributed by atoms with Crippen LogP contribution in [0.3, 0.4) is 0 Å². The molecule has 2 aromatic rings. The van der Waals surface area contributed by atoms with E-state index in [2.05, 4.69) is 25.7 Å². The molecule has 0 radical (unpaired) electrons. The molecule has 0 bridgehead atoms. The molecule has 0 saturated heterocycles. The third-order valence-corrected chi connectivity index (χ3v) is 2.71. The predicted octanol–water partition coefficient (Wildman–Crippen LogP) is 0.804. The van der Waals surface area contributed by atoms with Crippen molar-refractivity contribution < 1.29 is 0 Å². The van der Waals surface area contributed by atoms with Gasteiger partial charge in [-0.3, -0.25) is 5.43 Å². The second-order valence-corrected chi connectivity index (χ2v) is 4.07. The second kappa shape index (κ2) is 5.65. The maximum atomic E-state index is 5.97. The molecule has 96 valence electrons. The number of nitrogens with one attached hydrogen (secondary N) is 2. The van der Waals surface area contributed by atoms with Gasteiger partial charge in [0.1, 0.15) is 10.8 Å². The van der Waals surface area contributed by atoms with Crippen molar-refractivity contribution in [3.63, 3.8) is 0 Å². The number of hydrogen-bond acceptors (Lipinski definition) is 6. The summed E-state index contributed by atoms with van der Waals surface area (Å²) in [5.74, 6) is 7.09. The molecule has 18 heavy (non-hydrogen) atoms. The van der Waals surface area contributed by atoms with Crippen molar-refractivity contribution in [2.24, 2.45) is 12.9 Å². The van der Waals surface area contributed by atoms with Crippen LogP contribution >= 0.6 is 11.6 Å². The van der Waals surface area contributed by atoms with Gasteiger partial charge < -0.3 is 9.88 Å². The van der Waals surface area contributed by atoms with Crippen LogP contribution in [-0.4, -0.2) is 26.1 Å². The Hall–Kier alpha value is -1.86. The monoisotopic (exact) mass is 267 g/mol. The van der Waals surface area contributed by atoms with Crippen LogP contribution < -0.4 is 16.6 Å². The van der Waals surface area contributed by atoms with Crippen molar-refractivity contribution in [1.82, 2.24) is 19.5 Å². The third kappa shape index (κ3) is 2.88. The number of nitrogen functional groups attached to an aromatic ring is 1. The predicted molar refractivity (Wildman–Crippen MR) is 70.3 cm³/mol. The minimum atomic E-state index is 0.318. The van der Waals surface area contributed by atoms with Gasteiger partial charge in [0, 0.05) is 32.4 Å². The molecule has 0 spiro atoms. The number of nitrogens with two attached hydrogens (primary N) is 1. The molecule has 0 unspecified atom stereocenters. The maximum absolute atomic E-state index is 5.97. The highest BCUT2D eigenvalue weighted by atomic mass is 35.5. The Balaban J connectivity index is 1.96. The molecule has 0 atom stereocenters. The van der Waals surface area contributed by atoms with E-state index in [4.69, 9.17) is 17.4 Å². The van der Waals surface area contributed by atoms with Gasteiger partial charge in [-0.1, -0.05) is 11.6 Å². The molecule has 7 nitrogen and oxygen atoms in total. The van der Waals surface area contributed by atoms with Crippen molar-refractivity contribution in [3.05, 3.63) is 29.4 Å². The summed E-state index contributed by atoms with van der Waals surface area (Å²) in [7, 11) is 1.95. The summed E-state index contributed by atoms with van der Waals surface area (Å²) in [5, 5.41) is 3.57. The zero-order valence-electron chi connectivity index (χ0n) is 9.89. The molecule has 0 aliphatic rings. The van der Waals surface area contributed by atoms with Gasteiger partial charge in [0.25, 0.3) is 0 Å². The molecule has 2 heterocycles. The van der Waals surface area contributed by atoms with Gasteiger partial charge >= 0.3 is 0 Å². The van der Waals surface area contributed by atoms with Gasteiger partial charge in [-0.2, -0.15) is 4.98 Å². The lowest BCUT2D eigenvalue weighted by molar-refractivity contribution is 0.788. The van der Waals surface area contributed by atoms with Crippen LogP contribution in [0.2, 0.25) is 5.02 Å². The maximum Gasteiger partial charge on any atom is 0.239 e. The van der Waals surface area contributed by atoms with Crippen LogP contribution in [0.15, 0.2) is 18.6 Å². The summed E-state index contributed by atoms with van der Waals surface area (Å²) >= 11 is 5.97. The third-order valence-electron chi connectivity index (χ3n) is 2.44. The topological polar surface area (TPSA) is 93.7 Å². The first-order chi connectivity index (χ1) is 8.70.